The number of carbonyl (C=O) groups excluding carboxylic acids is 1. The van der Waals surface area contributed by atoms with E-state index in [-0.39, 0.29) is 17.3 Å². The zero-order chi connectivity index (χ0) is 16.4. The summed E-state index contributed by atoms with van der Waals surface area (Å²) >= 11 is 0. The van der Waals surface area contributed by atoms with Crippen LogP contribution in [0.1, 0.15) is 42.3 Å². The fraction of sp³-hybridized carbons (Fsp3) is 0.350. The van der Waals surface area contributed by atoms with Crippen molar-refractivity contribution < 1.29 is 14.3 Å². The molecule has 0 saturated carbocycles. The molecule has 0 amide bonds. The topological polar surface area (TPSA) is 38.8 Å². The third-order valence-corrected chi connectivity index (χ3v) is 3.92. The number of epoxide rings is 1. The Bertz CT molecular complexity index is 695. The zero-order valence-electron chi connectivity index (χ0n) is 13.8. The Morgan fingerprint density at radius 1 is 1.13 bits per heavy atom. The van der Waals surface area contributed by atoms with Crippen molar-refractivity contribution in [1.82, 2.24) is 0 Å². The molecule has 0 bridgehead atoms. The van der Waals surface area contributed by atoms with E-state index in [4.69, 9.17) is 9.47 Å². The molecule has 2 aromatic rings. The van der Waals surface area contributed by atoms with E-state index >= 15 is 0 Å². The smallest absolute Gasteiger partial charge is 0.197 e. The van der Waals surface area contributed by atoms with Gasteiger partial charge < -0.3 is 9.47 Å². The van der Waals surface area contributed by atoms with E-state index in [9.17, 15) is 4.79 Å². The molecule has 1 heterocycles. The lowest BCUT2D eigenvalue weighted by atomic mass is 9.81. The molecule has 1 aliphatic heterocycles. The highest BCUT2D eigenvalue weighted by Crippen LogP contribution is 2.34. The minimum atomic E-state index is -0.144. The first-order chi connectivity index (χ1) is 11.0. The fourth-order valence-electron chi connectivity index (χ4n) is 2.59. The van der Waals surface area contributed by atoms with Crippen LogP contribution < -0.4 is 4.74 Å². The fourth-order valence-corrected chi connectivity index (χ4v) is 2.59. The van der Waals surface area contributed by atoms with Gasteiger partial charge in [-0.1, -0.05) is 63.2 Å². The van der Waals surface area contributed by atoms with E-state index in [0.717, 1.165) is 12.2 Å². The quantitative estimate of drug-likeness (QED) is 0.619. The van der Waals surface area contributed by atoms with Crippen LogP contribution in [0.25, 0.3) is 0 Å². The van der Waals surface area contributed by atoms with Crippen molar-refractivity contribution in [3.63, 3.8) is 0 Å². The molecule has 0 aliphatic carbocycles. The first-order valence-corrected chi connectivity index (χ1v) is 7.94. The van der Waals surface area contributed by atoms with E-state index in [2.05, 4.69) is 20.8 Å². The maximum Gasteiger partial charge on any atom is 0.197 e. The monoisotopic (exact) mass is 310 g/mol. The van der Waals surface area contributed by atoms with Crippen LogP contribution in [0.4, 0.5) is 0 Å². The molecule has 0 spiro atoms. The van der Waals surface area contributed by atoms with Gasteiger partial charge in [0.15, 0.2) is 5.78 Å². The summed E-state index contributed by atoms with van der Waals surface area (Å²) in [5, 5.41) is 0. The maximum absolute atomic E-state index is 13.1. The van der Waals surface area contributed by atoms with Crippen LogP contribution in [0.2, 0.25) is 0 Å². The van der Waals surface area contributed by atoms with Crippen molar-refractivity contribution in [3.05, 3.63) is 65.2 Å². The number of carbonyl (C=O) groups is 1. The van der Waals surface area contributed by atoms with Gasteiger partial charge in [0.2, 0.25) is 0 Å². The Morgan fingerprint density at radius 3 is 2.43 bits per heavy atom. The van der Waals surface area contributed by atoms with Gasteiger partial charge in [-0.25, -0.2) is 0 Å². The van der Waals surface area contributed by atoms with Gasteiger partial charge in [0, 0.05) is 5.56 Å². The van der Waals surface area contributed by atoms with Crippen molar-refractivity contribution in [2.24, 2.45) is 0 Å². The first kappa shape index (κ1) is 15.8. The molecule has 3 nitrogen and oxygen atoms in total. The molecule has 120 valence electrons. The van der Waals surface area contributed by atoms with Crippen molar-refractivity contribution >= 4 is 5.78 Å². The molecule has 1 unspecified atom stereocenters. The van der Waals surface area contributed by atoms with Crippen molar-refractivity contribution in [2.45, 2.75) is 32.3 Å². The van der Waals surface area contributed by atoms with Gasteiger partial charge in [-0.3, -0.25) is 4.79 Å². The highest BCUT2D eigenvalue weighted by Gasteiger charge is 2.28. The van der Waals surface area contributed by atoms with Crippen LogP contribution in [-0.4, -0.2) is 25.1 Å². The summed E-state index contributed by atoms with van der Waals surface area (Å²) < 4.78 is 11.1. The van der Waals surface area contributed by atoms with E-state index in [0.29, 0.717) is 23.5 Å². The van der Waals surface area contributed by atoms with Crippen LogP contribution >= 0.6 is 0 Å². The Kier molecular flexibility index (Phi) is 4.22. The predicted octanol–water partition coefficient (Wildman–Crippen LogP) is 3.99. The van der Waals surface area contributed by atoms with Crippen LogP contribution in [0.5, 0.6) is 5.75 Å². The second-order valence-corrected chi connectivity index (χ2v) is 6.89. The highest BCUT2D eigenvalue weighted by atomic mass is 16.6. The lowest BCUT2D eigenvalue weighted by molar-refractivity contribution is 0.103. The molecule has 3 rings (SSSR count). The summed E-state index contributed by atoms with van der Waals surface area (Å²) in [5.41, 5.74) is 2.19. The second-order valence-electron chi connectivity index (χ2n) is 6.89. The van der Waals surface area contributed by atoms with Crippen molar-refractivity contribution in [1.29, 1.82) is 0 Å². The van der Waals surface area contributed by atoms with Gasteiger partial charge in [0.05, 0.1) is 12.2 Å². The molecule has 3 heteroatoms. The average molecular weight is 310 g/mol. The first-order valence-electron chi connectivity index (χ1n) is 7.94. The van der Waals surface area contributed by atoms with Gasteiger partial charge in [-0.15, -0.1) is 0 Å². The SMILES string of the molecule is CC(C)(C)c1cccc(OCC2CO2)c1C(=O)c1ccccc1. The normalized spacial score (nSPS) is 16.9. The van der Waals surface area contributed by atoms with Gasteiger partial charge in [0.1, 0.15) is 18.5 Å². The molecule has 0 aromatic heterocycles. The number of hydrogen-bond acceptors (Lipinski definition) is 3. The van der Waals surface area contributed by atoms with Crippen molar-refractivity contribution in [3.8, 4) is 5.75 Å². The van der Waals surface area contributed by atoms with Gasteiger partial charge in [-0.2, -0.15) is 0 Å². The predicted molar refractivity (Wildman–Crippen MR) is 90.3 cm³/mol. The van der Waals surface area contributed by atoms with Crippen LogP contribution in [0.15, 0.2) is 48.5 Å². The third-order valence-electron chi connectivity index (χ3n) is 3.92. The summed E-state index contributed by atoms with van der Waals surface area (Å²) in [5.74, 6) is 0.643. The Labute approximate surface area is 137 Å². The minimum absolute atomic E-state index is 0.00263. The molecular weight excluding hydrogens is 288 g/mol. The molecule has 1 atom stereocenters. The average Bonchev–Trinajstić information content (AvgIpc) is 3.36. The minimum Gasteiger partial charge on any atom is -0.490 e. The highest BCUT2D eigenvalue weighted by molar-refractivity contribution is 6.11. The summed E-state index contributed by atoms with van der Waals surface area (Å²) in [6, 6.07) is 15.2. The summed E-state index contributed by atoms with van der Waals surface area (Å²) in [4.78, 5) is 13.1. The molecule has 0 N–H and O–H groups in total. The van der Waals surface area contributed by atoms with Gasteiger partial charge in [-0.05, 0) is 17.0 Å². The van der Waals surface area contributed by atoms with E-state index in [1.165, 1.54) is 0 Å². The molecule has 1 fully saturated rings. The lowest BCUT2D eigenvalue weighted by Crippen LogP contribution is -2.19. The molecular formula is C20H22O3. The molecule has 1 aliphatic rings. The third kappa shape index (κ3) is 3.62. The molecule has 0 radical (unpaired) electrons. The van der Waals surface area contributed by atoms with Crippen LogP contribution in [0.3, 0.4) is 0 Å². The summed E-state index contributed by atoms with van der Waals surface area (Å²) in [6.45, 7) is 7.55. The molecule has 1 saturated heterocycles. The number of ether oxygens (including phenoxy) is 2. The number of rotatable bonds is 5. The summed E-state index contributed by atoms with van der Waals surface area (Å²) in [6.07, 6.45) is 0.160. The van der Waals surface area contributed by atoms with Crippen LogP contribution in [0, 0.1) is 0 Å². The number of benzene rings is 2. The van der Waals surface area contributed by atoms with Gasteiger partial charge in [0.25, 0.3) is 0 Å². The molecule has 23 heavy (non-hydrogen) atoms. The molecule has 2 aromatic carbocycles. The van der Waals surface area contributed by atoms with Crippen molar-refractivity contribution in [2.75, 3.05) is 13.2 Å². The number of hydrogen-bond donors (Lipinski definition) is 0. The number of ketones is 1. The Morgan fingerprint density at radius 2 is 1.83 bits per heavy atom. The Hall–Kier alpha value is -2.13. The second kappa shape index (κ2) is 6.17. The van der Waals surface area contributed by atoms with Gasteiger partial charge >= 0.3 is 0 Å². The largest absolute Gasteiger partial charge is 0.490 e. The maximum atomic E-state index is 13.1. The zero-order valence-corrected chi connectivity index (χ0v) is 13.8. The summed E-state index contributed by atoms with van der Waals surface area (Å²) in [7, 11) is 0. The standard InChI is InChI=1S/C20H22O3/c1-20(2,3)16-10-7-11-17(23-13-15-12-22-15)18(16)19(21)14-8-5-4-6-9-14/h4-11,15H,12-13H2,1-3H3. The van der Waals surface area contributed by atoms with E-state index in [1.807, 2.05) is 48.5 Å². The van der Waals surface area contributed by atoms with Crippen LogP contribution in [-0.2, 0) is 10.2 Å². The van der Waals surface area contributed by atoms with E-state index in [1.54, 1.807) is 0 Å². The Balaban J connectivity index is 2.04. The lowest BCUT2D eigenvalue weighted by Gasteiger charge is -2.24. The van der Waals surface area contributed by atoms with E-state index < -0.39 is 0 Å².